The Balaban J connectivity index is 2.13. The van der Waals surface area contributed by atoms with E-state index >= 15 is 0 Å². The van der Waals surface area contributed by atoms with Crippen LogP contribution in [0.25, 0.3) is 0 Å². The molecule has 0 aromatic heterocycles. The third-order valence-electron chi connectivity index (χ3n) is 3.77. The van der Waals surface area contributed by atoms with E-state index in [0.717, 1.165) is 24.9 Å². The Morgan fingerprint density at radius 1 is 1.41 bits per heavy atom. The summed E-state index contributed by atoms with van der Waals surface area (Å²) in [4.78, 5) is 12.4. The van der Waals surface area contributed by atoms with Gasteiger partial charge in [-0.1, -0.05) is 13.0 Å². The number of hydrogen-bond donors (Lipinski definition) is 3. The van der Waals surface area contributed by atoms with Gasteiger partial charge in [-0.25, -0.2) is 13.1 Å². The summed E-state index contributed by atoms with van der Waals surface area (Å²) in [5.74, 6) is -0.236. The minimum absolute atomic E-state index is 0.115. The topological polar surface area (TPSA) is 87.3 Å². The van der Waals surface area contributed by atoms with Crippen LogP contribution < -0.4 is 15.4 Å². The SMILES string of the molecule is CCNS(=O)(=O)c1ccc(C)c(C(=O)NCC2CCCN2)c1. The van der Waals surface area contributed by atoms with Crippen molar-refractivity contribution >= 4 is 15.9 Å². The smallest absolute Gasteiger partial charge is 0.251 e. The second kappa shape index (κ2) is 7.21. The first-order chi connectivity index (χ1) is 10.4. The van der Waals surface area contributed by atoms with Gasteiger partial charge in [0.1, 0.15) is 0 Å². The minimum Gasteiger partial charge on any atom is -0.350 e. The number of hydrogen-bond acceptors (Lipinski definition) is 4. The molecule has 1 saturated heterocycles. The Labute approximate surface area is 131 Å². The van der Waals surface area contributed by atoms with Crippen LogP contribution in [-0.2, 0) is 10.0 Å². The van der Waals surface area contributed by atoms with Gasteiger partial charge in [0.25, 0.3) is 5.91 Å². The van der Waals surface area contributed by atoms with Crippen LogP contribution >= 0.6 is 0 Å². The van der Waals surface area contributed by atoms with Gasteiger partial charge in [-0.15, -0.1) is 0 Å². The molecule has 1 amide bonds. The standard InChI is InChI=1S/C15H23N3O3S/c1-3-18-22(20,21)13-7-6-11(2)14(9-13)15(19)17-10-12-5-4-8-16-12/h6-7,9,12,16,18H,3-5,8,10H2,1-2H3,(H,17,19). The molecule has 0 bridgehead atoms. The van der Waals surface area contributed by atoms with E-state index in [-0.39, 0.29) is 10.8 Å². The zero-order valence-electron chi connectivity index (χ0n) is 13.0. The van der Waals surface area contributed by atoms with E-state index in [1.807, 2.05) is 0 Å². The lowest BCUT2D eigenvalue weighted by Gasteiger charge is -2.13. The number of benzene rings is 1. The largest absolute Gasteiger partial charge is 0.350 e. The molecular formula is C15H23N3O3S. The molecule has 1 aliphatic rings. The third-order valence-corrected chi connectivity index (χ3v) is 5.31. The quantitative estimate of drug-likeness (QED) is 0.721. The molecule has 0 radical (unpaired) electrons. The number of carbonyl (C=O) groups excluding carboxylic acids is 1. The predicted molar refractivity (Wildman–Crippen MR) is 85.4 cm³/mol. The summed E-state index contributed by atoms with van der Waals surface area (Å²) in [6.07, 6.45) is 2.17. The van der Waals surface area contributed by atoms with Crippen LogP contribution in [0.15, 0.2) is 23.1 Å². The number of nitrogens with one attached hydrogen (secondary N) is 3. The van der Waals surface area contributed by atoms with Crippen molar-refractivity contribution < 1.29 is 13.2 Å². The van der Waals surface area contributed by atoms with Crippen LogP contribution in [0, 0.1) is 6.92 Å². The van der Waals surface area contributed by atoms with Gasteiger partial charge in [-0.2, -0.15) is 0 Å². The third kappa shape index (κ3) is 4.06. The van der Waals surface area contributed by atoms with Crippen LogP contribution in [0.3, 0.4) is 0 Å². The second-order valence-electron chi connectivity index (χ2n) is 5.48. The van der Waals surface area contributed by atoms with Crippen LogP contribution in [-0.4, -0.2) is 40.0 Å². The molecule has 1 heterocycles. The van der Waals surface area contributed by atoms with Gasteiger partial charge in [0.2, 0.25) is 10.0 Å². The maximum atomic E-state index is 12.3. The predicted octanol–water partition coefficient (Wildman–Crippen LogP) is 0.775. The van der Waals surface area contributed by atoms with Crippen molar-refractivity contribution in [3.05, 3.63) is 29.3 Å². The fourth-order valence-corrected chi connectivity index (χ4v) is 3.60. The van der Waals surface area contributed by atoms with Crippen LogP contribution in [0.1, 0.15) is 35.7 Å². The van der Waals surface area contributed by atoms with Gasteiger partial charge in [0.05, 0.1) is 4.90 Å². The van der Waals surface area contributed by atoms with Gasteiger partial charge in [-0.05, 0) is 44.0 Å². The van der Waals surface area contributed by atoms with Crippen LogP contribution in [0.4, 0.5) is 0 Å². The summed E-state index contributed by atoms with van der Waals surface area (Å²) in [5, 5.41) is 6.19. The summed E-state index contributed by atoms with van der Waals surface area (Å²) in [6.45, 7) is 5.36. The lowest BCUT2D eigenvalue weighted by atomic mass is 10.1. The van der Waals surface area contributed by atoms with Crippen molar-refractivity contribution in [1.29, 1.82) is 0 Å². The maximum Gasteiger partial charge on any atom is 0.251 e. The molecule has 1 atom stereocenters. The van der Waals surface area contributed by atoms with Crippen LogP contribution in [0.5, 0.6) is 0 Å². The molecule has 2 rings (SSSR count). The summed E-state index contributed by atoms with van der Waals surface area (Å²) < 4.78 is 26.5. The molecule has 1 fully saturated rings. The Bertz CT molecular complexity index is 637. The molecule has 1 aliphatic heterocycles. The van der Waals surface area contributed by atoms with Gasteiger partial charge < -0.3 is 10.6 Å². The highest BCUT2D eigenvalue weighted by Gasteiger charge is 2.19. The Kier molecular flexibility index (Phi) is 5.55. The minimum atomic E-state index is -3.56. The molecule has 0 spiro atoms. The first kappa shape index (κ1) is 16.9. The van der Waals surface area contributed by atoms with Gasteiger partial charge in [0.15, 0.2) is 0 Å². The first-order valence-corrected chi connectivity index (χ1v) is 9.04. The van der Waals surface area contributed by atoms with Crippen molar-refractivity contribution in [2.75, 3.05) is 19.6 Å². The van der Waals surface area contributed by atoms with Crippen molar-refractivity contribution in [3.63, 3.8) is 0 Å². The van der Waals surface area contributed by atoms with Gasteiger partial charge >= 0.3 is 0 Å². The lowest BCUT2D eigenvalue weighted by molar-refractivity contribution is 0.0949. The fourth-order valence-electron chi connectivity index (χ4n) is 2.53. The normalized spacial score (nSPS) is 18.4. The van der Waals surface area contributed by atoms with Crippen molar-refractivity contribution in [2.24, 2.45) is 0 Å². The van der Waals surface area contributed by atoms with E-state index in [0.29, 0.717) is 24.7 Å². The molecule has 1 aromatic carbocycles. The summed E-state index contributed by atoms with van der Waals surface area (Å²) >= 11 is 0. The number of rotatable bonds is 6. The molecule has 122 valence electrons. The summed E-state index contributed by atoms with van der Waals surface area (Å²) in [6, 6.07) is 4.92. The lowest BCUT2D eigenvalue weighted by Crippen LogP contribution is -2.37. The van der Waals surface area contributed by atoms with E-state index in [9.17, 15) is 13.2 Å². The zero-order valence-corrected chi connectivity index (χ0v) is 13.8. The molecule has 1 aromatic rings. The number of carbonyl (C=O) groups is 1. The van der Waals surface area contributed by atoms with Gasteiger partial charge in [0, 0.05) is 24.7 Å². The number of amides is 1. The van der Waals surface area contributed by atoms with E-state index in [4.69, 9.17) is 0 Å². The summed E-state index contributed by atoms with van der Waals surface area (Å²) in [7, 11) is -3.56. The number of aryl methyl sites for hydroxylation is 1. The highest BCUT2D eigenvalue weighted by molar-refractivity contribution is 7.89. The molecule has 0 saturated carbocycles. The highest BCUT2D eigenvalue weighted by Crippen LogP contribution is 2.16. The Morgan fingerprint density at radius 2 is 2.18 bits per heavy atom. The van der Waals surface area contributed by atoms with Crippen LogP contribution in [0.2, 0.25) is 0 Å². The molecule has 22 heavy (non-hydrogen) atoms. The van der Waals surface area contributed by atoms with Crippen molar-refractivity contribution in [3.8, 4) is 0 Å². The molecular weight excluding hydrogens is 302 g/mol. The number of sulfonamides is 1. The molecule has 6 nitrogen and oxygen atoms in total. The van der Waals surface area contributed by atoms with E-state index in [1.165, 1.54) is 12.1 Å². The highest BCUT2D eigenvalue weighted by atomic mass is 32.2. The molecule has 7 heteroatoms. The average Bonchev–Trinajstić information content (AvgIpc) is 2.98. The maximum absolute atomic E-state index is 12.3. The van der Waals surface area contributed by atoms with E-state index < -0.39 is 10.0 Å². The molecule has 1 unspecified atom stereocenters. The molecule has 0 aliphatic carbocycles. The van der Waals surface area contributed by atoms with E-state index in [2.05, 4.69) is 15.4 Å². The second-order valence-corrected chi connectivity index (χ2v) is 7.25. The van der Waals surface area contributed by atoms with E-state index in [1.54, 1.807) is 19.9 Å². The first-order valence-electron chi connectivity index (χ1n) is 7.56. The summed E-state index contributed by atoms with van der Waals surface area (Å²) in [5.41, 5.74) is 1.16. The monoisotopic (exact) mass is 325 g/mol. The van der Waals surface area contributed by atoms with Crippen molar-refractivity contribution in [1.82, 2.24) is 15.4 Å². The zero-order chi connectivity index (χ0) is 16.2. The van der Waals surface area contributed by atoms with Gasteiger partial charge in [-0.3, -0.25) is 4.79 Å². The molecule has 3 N–H and O–H groups in total. The average molecular weight is 325 g/mol. The Hall–Kier alpha value is -1.44. The van der Waals surface area contributed by atoms with Crippen molar-refractivity contribution in [2.45, 2.75) is 37.6 Å². The fraction of sp³-hybridized carbons (Fsp3) is 0.533. The Morgan fingerprint density at radius 3 is 2.82 bits per heavy atom.